The zero-order valence-electron chi connectivity index (χ0n) is 70.0. The van der Waals surface area contributed by atoms with E-state index < -0.39 is 0 Å². The molecule has 24 nitrogen and oxygen atoms in total. The maximum atomic E-state index is 13.2. The number of likely N-dealkylation sites (N-methyl/N-ethyl adjacent to an activating group) is 1. The Labute approximate surface area is 689 Å². The first kappa shape index (κ1) is 81.0. The third kappa shape index (κ3) is 19.1. The monoisotopic (exact) mass is 1580 g/mol. The van der Waals surface area contributed by atoms with Crippen LogP contribution in [0, 0.1) is 13.8 Å². The fourth-order valence-corrected chi connectivity index (χ4v) is 15.6. The summed E-state index contributed by atoms with van der Waals surface area (Å²) < 4.78 is 5.13. The SMILES string of the molecule is CN1CCN(c2nc(-c3ccc(C(C)(C)C)cc3)nc3c(Cc4cccnc4)c(=O)[nH]n23)CC1.Cc1ccc(Cc2c(=O)[nH]n3c(NCCCNC4Cc5ccccc5C4)nc(-c4ccc(C(C)(C)C)cc4)nc23)cn1.Cc1ccc(Cc2c(=O)[nH]n3c(NCCCNC4Cc5ccccc5C4)nc(-c4ccc(C(C)(C)C)cc4)nc23)cn1. The van der Waals surface area contributed by atoms with E-state index in [1.54, 1.807) is 25.9 Å². The summed E-state index contributed by atoms with van der Waals surface area (Å²) in [5, 5.41) is 23.3. The minimum Gasteiger partial charge on any atom is -0.354 e. The summed E-state index contributed by atoms with van der Waals surface area (Å²) in [5.74, 6) is 3.68. The normalized spacial score (nSPS) is 14.0. The van der Waals surface area contributed by atoms with Crippen LogP contribution in [-0.4, -0.2) is 150 Å². The molecule has 0 bridgehead atoms. The first-order chi connectivity index (χ1) is 56.8. The Morgan fingerprint density at radius 3 is 1.12 bits per heavy atom. The Bertz CT molecular complexity index is 5680. The van der Waals surface area contributed by atoms with Crippen LogP contribution in [0.4, 0.5) is 17.8 Å². The third-order valence-corrected chi connectivity index (χ3v) is 22.7. The molecular formula is C94H109N21O3. The second-order valence-electron chi connectivity index (χ2n) is 34.8. The van der Waals surface area contributed by atoms with Crippen molar-refractivity contribution in [3.8, 4) is 34.2 Å². The molecule has 2 aliphatic carbocycles. The van der Waals surface area contributed by atoms with E-state index in [1.165, 1.54) is 38.9 Å². The van der Waals surface area contributed by atoms with Gasteiger partial charge in [-0.15, -0.1) is 0 Å². The summed E-state index contributed by atoms with van der Waals surface area (Å²) >= 11 is 0. The molecule has 0 unspecified atom stereocenters. The van der Waals surface area contributed by atoms with E-state index in [1.807, 2.05) is 62.6 Å². The van der Waals surface area contributed by atoms with Gasteiger partial charge >= 0.3 is 0 Å². The van der Waals surface area contributed by atoms with Crippen molar-refractivity contribution in [2.75, 3.05) is 74.9 Å². The summed E-state index contributed by atoms with van der Waals surface area (Å²) in [6.45, 7) is 30.5. The van der Waals surface area contributed by atoms with Crippen molar-refractivity contribution in [1.29, 1.82) is 0 Å². The minimum atomic E-state index is -0.171. The molecule has 14 aromatic rings. The van der Waals surface area contributed by atoms with Crippen molar-refractivity contribution < 1.29 is 0 Å². The molecule has 0 radical (unpaired) electrons. The highest BCUT2D eigenvalue weighted by molar-refractivity contribution is 5.67. The summed E-state index contributed by atoms with van der Waals surface area (Å²) in [4.78, 5) is 86.3. The second kappa shape index (κ2) is 35.0. The standard InChI is InChI=1S/2C34H39N7O.C26H31N7O/c2*1-22-10-11-23(21-37-22)18-29-31-38-30(24-12-14-27(15-13-24)34(2,3)4)39-33(41(31)40-32(29)42)36-17-7-16-35-28-19-25-8-5-6-9-26(25)20-28;1-26(2,3)20-9-7-19(8-10-20)22-28-23-21(16-18-6-5-11-27-17-18)24(34)30-33(23)25(29-22)32-14-12-31(4)13-15-32/h2*5-6,8-15,21,28,35H,7,16-20H2,1-4H3,(H,40,42)(H,36,38,39);5-11,17H,12-16H2,1-4H3,(H,30,34). The van der Waals surface area contributed by atoms with E-state index in [9.17, 15) is 14.4 Å². The lowest BCUT2D eigenvalue weighted by Crippen LogP contribution is -2.45. The van der Waals surface area contributed by atoms with Gasteiger partial charge in [-0.3, -0.25) is 44.6 Å². The number of aromatic nitrogens is 15. The molecule has 1 saturated heterocycles. The number of aryl methyl sites for hydroxylation is 2. The first-order valence-electron chi connectivity index (χ1n) is 41.4. The number of hydrogen-bond donors (Lipinski definition) is 7. The topological polar surface area (TPSA) is 282 Å². The van der Waals surface area contributed by atoms with Crippen molar-refractivity contribution in [3.05, 3.63) is 297 Å². The highest BCUT2D eigenvalue weighted by Crippen LogP contribution is 2.32. The summed E-state index contributed by atoms with van der Waals surface area (Å²) in [5.41, 5.74) is 20.4. The molecule has 24 heteroatoms. The van der Waals surface area contributed by atoms with Crippen LogP contribution in [0.3, 0.4) is 0 Å². The van der Waals surface area contributed by atoms with E-state index >= 15 is 0 Å². The summed E-state index contributed by atoms with van der Waals surface area (Å²) in [7, 11) is 2.12. The molecular weight excluding hydrogens is 1470 g/mol. The molecule has 7 N–H and O–H groups in total. The van der Waals surface area contributed by atoms with E-state index in [4.69, 9.17) is 29.9 Å². The van der Waals surface area contributed by atoms with Crippen LogP contribution in [0.1, 0.15) is 159 Å². The van der Waals surface area contributed by atoms with E-state index in [2.05, 4.69) is 252 Å². The van der Waals surface area contributed by atoms with Crippen molar-refractivity contribution in [1.82, 2.24) is 89.2 Å². The maximum absolute atomic E-state index is 13.2. The number of fused-ring (bicyclic) bond motifs is 5. The zero-order valence-corrected chi connectivity index (χ0v) is 70.0. The average Bonchev–Trinajstić information content (AvgIpc) is 1.65. The molecule has 5 aromatic carbocycles. The van der Waals surface area contributed by atoms with Crippen molar-refractivity contribution >= 4 is 34.8 Å². The van der Waals surface area contributed by atoms with Crippen LogP contribution in [0.5, 0.6) is 0 Å². The van der Waals surface area contributed by atoms with Crippen molar-refractivity contribution in [2.24, 2.45) is 0 Å². The number of nitrogens with zero attached hydrogens (tertiary/aromatic N) is 14. The predicted molar refractivity (Wildman–Crippen MR) is 471 cm³/mol. The van der Waals surface area contributed by atoms with Crippen molar-refractivity contribution in [2.45, 2.75) is 162 Å². The molecule has 1 aliphatic heterocycles. The fraction of sp³-hybridized carbons (Fsp3) is 0.362. The molecule has 3 aliphatic rings. The molecule has 1 fully saturated rings. The molecule has 10 heterocycles. The predicted octanol–water partition coefficient (Wildman–Crippen LogP) is 13.6. The van der Waals surface area contributed by atoms with Crippen LogP contribution >= 0.6 is 0 Å². The Morgan fingerprint density at radius 1 is 0.398 bits per heavy atom. The van der Waals surface area contributed by atoms with Gasteiger partial charge in [0.25, 0.3) is 16.7 Å². The molecule has 9 aromatic heterocycles. The van der Waals surface area contributed by atoms with Gasteiger partial charge in [-0.2, -0.15) is 15.0 Å². The largest absolute Gasteiger partial charge is 0.354 e. The number of nitrogens with one attached hydrogen (secondary N) is 7. The lowest BCUT2D eigenvalue weighted by atomic mass is 9.86. The molecule has 0 atom stereocenters. The summed E-state index contributed by atoms with van der Waals surface area (Å²) in [6.07, 6.45) is 14.7. The van der Waals surface area contributed by atoms with Gasteiger partial charge in [0.05, 0.1) is 16.7 Å². The van der Waals surface area contributed by atoms with Crippen LogP contribution in [0.2, 0.25) is 0 Å². The van der Waals surface area contributed by atoms with Gasteiger partial charge in [-0.25, -0.2) is 28.5 Å². The van der Waals surface area contributed by atoms with Crippen LogP contribution < -0.4 is 42.8 Å². The maximum Gasteiger partial charge on any atom is 0.270 e. The number of anilines is 3. The number of hydrogen-bond acceptors (Lipinski definition) is 18. The number of rotatable bonds is 22. The Hall–Kier alpha value is -12.1. The molecule has 17 rings (SSSR count). The quantitative estimate of drug-likeness (QED) is 0.0310. The minimum absolute atomic E-state index is 0.0502. The number of piperazine rings is 1. The van der Waals surface area contributed by atoms with Gasteiger partial charge in [-0.05, 0) is 163 Å². The van der Waals surface area contributed by atoms with E-state index in [0.717, 1.165) is 129 Å². The van der Waals surface area contributed by atoms with Crippen molar-refractivity contribution in [3.63, 3.8) is 0 Å². The van der Waals surface area contributed by atoms with Crippen LogP contribution in [0.15, 0.2) is 197 Å². The van der Waals surface area contributed by atoms with E-state index in [0.29, 0.717) is 107 Å². The van der Waals surface area contributed by atoms with Gasteiger partial charge < -0.3 is 31.1 Å². The third-order valence-electron chi connectivity index (χ3n) is 22.7. The molecule has 0 saturated carbocycles. The zero-order chi connectivity index (χ0) is 82.4. The highest BCUT2D eigenvalue weighted by atomic mass is 16.1. The van der Waals surface area contributed by atoms with Gasteiger partial charge in [0.2, 0.25) is 17.8 Å². The van der Waals surface area contributed by atoms with Gasteiger partial charge in [0.1, 0.15) is 0 Å². The molecule has 608 valence electrons. The molecule has 0 amide bonds. The smallest absolute Gasteiger partial charge is 0.270 e. The van der Waals surface area contributed by atoms with Gasteiger partial charge in [0, 0.05) is 123 Å². The van der Waals surface area contributed by atoms with Crippen LogP contribution in [-0.2, 0) is 61.2 Å². The first-order valence-corrected chi connectivity index (χ1v) is 41.4. The Morgan fingerprint density at radius 2 is 0.763 bits per heavy atom. The van der Waals surface area contributed by atoms with Gasteiger partial charge in [-0.1, -0.05) is 202 Å². The number of benzene rings is 5. The highest BCUT2D eigenvalue weighted by Gasteiger charge is 2.28. The number of aromatic amines is 3. The summed E-state index contributed by atoms with van der Waals surface area (Å²) in [6, 6.07) is 55.4. The Kier molecular flexibility index (Phi) is 24.0. The molecule has 118 heavy (non-hydrogen) atoms. The number of H-pyrrole nitrogens is 3. The number of pyridine rings is 3. The Balaban J connectivity index is 0.000000139. The fourth-order valence-electron chi connectivity index (χ4n) is 15.6. The second-order valence-corrected chi connectivity index (χ2v) is 34.8. The van der Waals surface area contributed by atoms with E-state index in [-0.39, 0.29) is 32.9 Å². The lowest BCUT2D eigenvalue weighted by Gasteiger charge is -2.33. The average molecular weight is 1580 g/mol. The van der Waals surface area contributed by atoms with Crippen LogP contribution in [0.25, 0.3) is 51.1 Å². The van der Waals surface area contributed by atoms with Gasteiger partial charge in [0.15, 0.2) is 34.4 Å². The molecule has 0 spiro atoms. The lowest BCUT2D eigenvalue weighted by molar-refractivity contribution is 0.310.